The molecule has 1 aromatic carbocycles. The number of nitrogens with two attached hydrogens (primary N) is 1. The van der Waals surface area contributed by atoms with E-state index in [1.165, 1.54) is 0 Å². The molecular formula is C20H27ClN4O. The van der Waals surface area contributed by atoms with Gasteiger partial charge in [0.2, 0.25) is 5.91 Å². The zero-order valence-corrected chi connectivity index (χ0v) is 16.5. The number of piperidine rings is 1. The fraction of sp³-hybridized carbons (Fsp3) is 0.500. The van der Waals surface area contributed by atoms with E-state index in [1.54, 1.807) is 0 Å². The van der Waals surface area contributed by atoms with Crippen LogP contribution in [0.5, 0.6) is 0 Å². The molecule has 1 aliphatic heterocycles. The van der Waals surface area contributed by atoms with E-state index in [0.717, 1.165) is 48.6 Å². The summed E-state index contributed by atoms with van der Waals surface area (Å²) in [5.41, 5.74) is 9.86. The number of carbonyl (C=O) groups is 1. The second-order valence-corrected chi connectivity index (χ2v) is 7.73. The Kier molecular flexibility index (Phi) is 5.68. The van der Waals surface area contributed by atoms with Crippen molar-refractivity contribution in [1.82, 2.24) is 14.7 Å². The van der Waals surface area contributed by atoms with Gasteiger partial charge in [0.25, 0.3) is 0 Å². The monoisotopic (exact) mass is 374 g/mol. The lowest BCUT2D eigenvalue weighted by Crippen LogP contribution is -2.43. The number of likely N-dealkylation sites (tertiary alicyclic amines) is 1. The average Bonchev–Trinajstić information content (AvgIpc) is 2.90. The van der Waals surface area contributed by atoms with Gasteiger partial charge in [-0.3, -0.25) is 4.79 Å². The van der Waals surface area contributed by atoms with Crippen LogP contribution in [0.15, 0.2) is 24.3 Å². The van der Waals surface area contributed by atoms with Crippen molar-refractivity contribution < 1.29 is 4.79 Å². The summed E-state index contributed by atoms with van der Waals surface area (Å²) in [6.07, 6.45) is 2.38. The molecule has 0 saturated carbocycles. The highest BCUT2D eigenvalue weighted by atomic mass is 35.5. The number of aromatic nitrogens is 2. The molecule has 1 fully saturated rings. The SMILES string of the molecule is Cc1nn(-c2ccc(Cl)cc2)c(C)c1CC(=O)N1CCC(C(C)N)CC1. The second kappa shape index (κ2) is 7.80. The van der Waals surface area contributed by atoms with Gasteiger partial charge in [-0.2, -0.15) is 5.10 Å². The van der Waals surface area contributed by atoms with Gasteiger partial charge < -0.3 is 10.6 Å². The Morgan fingerprint density at radius 1 is 1.27 bits per heavy atom. The van der Waals surface area contributed by atoms with Crippen molar-refractivity contribution in [3.63, 3.8) is 0 Å². The van der Waals surface area contributed by atoms with Crippen LogP contribution in [0.3, 0.4) is 0 Å². The van der Waals surface area contributed by atoms with Crippen LogP contribution in [0.2, 0.25) is 5.02 Å². The van der Waals surface area contributed by atoms with Crippen LogP contribution in [0, 0.1) is 19.8 Å². The lowest BCUT2D eigenvalue weighted by molar-refractivity contribution is -0.131. The van der Waals surface area contributed by atoms with E-state index in [4.69, 9.17) is 17.3 Å². The van der Waals surface area contributed by atoms with Gasteiger partial charge in [0.15, 0.2) is 0 Å². The van der Waals surface area contributed by atoms with Crippen molar-refractivity contribution in [2.24, 2.45) is 11.7 Å². The highest BCUT2D eigenvalue weighted by Gasteiger charge is 2.26. The number of hydrogen-bond acceptors (Lipinski definition) is 3. The van der Waals surface area contributed by atoms with Gasteiger partial charge in [-0.15, -0.1) is 0 Å². The Hall–Kier alpha value is -1.85. The highest BCUT2D eigenvalue weighted by molar-refractivity contribution is 6.30. The van der Waals surface area contributed by atoms with Crippen molar-refractivity contribution in [2.45, 2.75) is 46.1 Å². The number of amides is 1. The smallest absolute Gasteiger partial charge is 0.227 e. The first-order chi connectivity index (χ1) is 12.4. The molecule has 0 bridgehead atoms. The molecule has 0 aliphatic carbocycles. The van der Waals surface area contributed by atoms with Gasteiger partial charge in [0.05, 0.1) is 17.8 Å². The fourth-order valence-electron chi connectivity index (χ4n) is 3.70. The summed E-state index contributed by atoms with van der Waals surface area (Å²) in [4.78, 5) is 14.7. The largest absolute Gasteiger partial charge is 0.342 e. The van der Waals surface area contributed by atoms with Gasteiger partial charge in [0.1, 0.15) is 0 Å². The Balaban J connectivity index is 1.72. The Labute approximate surface area is 160 Å². The van der Waals surface area contributed by atoms with Crippen molar-refractivity contribution in [3.05, 3.63) is 46.2 Å². The van der Waals surface area contributed by atoms with Crippen LogP contribution in [0.1, 0.15) is 36.7 Å². The second-order valence-electron chi connectivity index (χ2n) is 7.29. The topological polar surface area (TPSA) is 64.2 Å². The van der Waals surface area contributed by atoms with Crippen molar-refractivity contribution >= 4 is 17.5 Å². The average molecular weight is 375 g/mol. The number of halogens is 1. The molecule has 5 nitrogen and oxygen atoms in total. The number of aryl methyl sites for hydroxylation is 1. The maximum atomic E-state index is 12.8. The molecule has 1 atom stereocenters. The van der Waals surface area contributed by atoms with E-state index in [9.17, 15) is 4.79 Å². The van der Waals surface area contributed by atoms with E-state index in [-0.39, 0.29) is 11.9 Å². The van der Waals surface area contributed by atoms with Crippen molar-refractivity contribution in [3.8, 4) is 5.69 Å². The fourth-order valence-corrected chi connectivity index (χ4v) is 3.83. The van der Waals surface area contributed by atoms with Gasteiger partial charge in [0, 0.05) is 35.4 Å². The molecule has 2 N–H and O–H groups in total. The zero-order chi connectivity index (χ0) is 18.8. The molecule has 0 radical (unpaired) electrons. The summed E-state index contributed by atoms with van der Waals surface area (Å²) < 4.78 is 1.89. The molecule has 2 aromatic rings. The third kappa shape index (κ3) is 3.94. The minimum Gasteiger partial charge on any atom is -0.342 e. The predicted octanol–water partition coefficient (Wildman–Crippen LogP) is 3.27. The summed E-state index contributed by atoms with van der Waals surface area (Å²) in [5, 5.41) is 5.33. The maximum Gasteiger partial charge on any atom is 0.227 e. The van der Waals surface area contributed by atoms with Gasteiger partial charge >= 0.3 is 0 Å². The first-order valence-corrected chi connectivity index (χ1v) is 9.59. The molecular weight excluding hydrogens is 348 g/mol. The summed E-state index contributed by atoms with van der Waals surface area (Å²) in [7, 11) is 0. The minimum absolute atomic E-state index is 0.176. The van der Waals surface area contributed by atoms with Crippen LogP contribution >= 0.6 is 11.6 Å². The third-order valence-electron chi connectivity index (χ3n) is 5.48. The number of hydrogen-bond donors (Lipinski definition) is 1. The molecule has 2 heterocycles. The van der Waals surface area contributed by atoms with E-state index >= 15 is 0 Å². The van der Waals surface area contributed by atoms with E-state index in [0.29, 0.717) is 17.4 Å². The number of nitrogens with zero attached hydrogens (tertiary/aromatic N) is 3. The summed E-state index contributed by atoms with van der Waals surface area (Å²) in [6, 6.07) is 7.77. The normalized spacial score (nSPS) is 16.7. The standard InChI is InChI=1S/C20H27ClN4O/c1-13(22)16-8-10-24(11-9-16)20(26)12-19-14(2)23-25(15(19)3)18-6-4-17(21)5-7-18/h4-7,13,16H,8-12,22H2,1-3H3. The third-order valence-corrected chi connectivity index (χ3v) is 5.73. The summed E-state index contributed by atoms with van der Waals surface area (Å²) in [5.74, 6) is 0.699. The van der Waals surface area contributed by atoms with Crippen LogP contribution in [0.25, 0.3) is 5.69 Å². The zero-order valence-electron chi connectivity index (χ0n) is 15.7. The highest BCUT2D eigenvalue weighted by Crippen LogP contribution is 2.23. The van der Waals surface area contributed by atoms with E-state index < -0.39 is 0 Å². The van der Waals surface area contributed by atoms with Crippen LogP contribution in [-0.2, 0) is 11.2 Å². The lowest BCUT2D eigenvalue weighted by Gasteiger charge is -2.33. The molecule has 26 heavy (non-hydrogen) atoms. The minimum atomic E-state index is 0.176. The Morgan fingerprint density at radius 2 is 1.88 bits per heavy atom. The molecule has 1 unspecified atom stereocenters. The lowest BCUT2D eigenvalue weighted by atomic mass is 9.90. The molecule has 1 saturated heterocycles. The first kappa shape index (κ1) is 18.9. The molecule has 140 valence electrons. The van der Waals surface area contributed by atoms with Crippen molar-refractivity contribution in [1.29, 1.82) is 0 Å². The number of benzene rings is 1. The number of rotatable bonds is 4. The first-order valence-electron chi connectivity index (χ1n) is 9.21. The van der Waals surface area contributed by atoms with Crippen LogP contribution < -0.4 is 5.73 Å². The molecule has 3 rings (SSSR count). The summed E-state index contributed by atoms with van der Waals surface area (Å²) >= 11 is 5.97. The molecule has 1 aromatic heterocycles. The molecule has 0 spiro atoms. The van der Waals surface area contributed by atoms with Crippen LogP contribution in [0.4, 0.5) is 0 Å². The van der Waals surface area contributed by atoms with E-state index in [1.807, 2.05) is 47.7 Å². The van der Waals surface area contributed by atoms with Gasteiger partial charge in [-0.05, 0) is 63.8 Å². The quantitative estimate of drug-likeness (QED) is 0.893. The Bertz CT molecular complexity index is 774. The summed E-state index contributed by atoms with van der Waals surface area (Å²) in [6.45, 7) is 7.63. The molecule has 6 heteroatoms. The Morgan fingerprint density at radius 3 is 2.46 bits per heavy atom. The molecule has 1 aliphatic rings. The van der Waals surface area contributed by atoms with Gasteiger partial charge in [-0.1, -0.05) is 11.6 Å². The van der Waals surface area contributed by atoms with Crippen molar-refractivity contribution in [2.75, 3.05) is 13.1 Å². The van der Waals surface area contributed by atoms with Crippen LogP contribution in [-0.4, -0.2) is 39.7 Å². The number of carbonyl (C=O) groups excluding carboxylic acids is 1. The van der Waals surface area contributed by atoms with Gasteiger partial charge in [-0.25, -0.2) is 4.68 Å². The van der Waals surface area contributed by atoms with E-state index in [2.05, 4.69) is 12.0 Å². The maximum absolute atomic E-state index is 12.8. The predicted molar refractivity (Wildman–Crippen MR) is 105 cm³/mol. The molecule has 1 amide bonds.